The molecule has 19 heavy (non-hydrogen) atoms. The molecule has 0 saturated heterocycles. The molecule has 0 fully saturated rings. The lowest BCUT2D eigenvalue weighted by Crippen LogP contribution is -2.04. The highest BCUT2D eigenvalue weighted by atomic mass is 35.5. The number of ether oxygens (including phenoxy) is 1. The lowest BCUT2D eigenvalue weighted by atomic mass is 10.2. The lowest BCUT2D eigenvalue weighted by Gasteiger charge is -2.10. The van der Waals surface area contributed by atoms with Crippen LogP contribution in [0.2, 0.25) is 5.02 Å². The minimum atomic E-state index is 0.307. The minimum absolute atomic E-state index is 0.307. The molecule has 0 aliphatic heterocycles. The Morgan fingerprint density at radius 1 is 1.32 bits per heavy atom. The Balaban J connectivity index is 2.27. The van der Waals surface area contributed by atoms with Crippen molar-refractivity contribution in [1.82, 2.24) is 9.97 Å². The molecule has 1 aromatic carbocycles. The minimum Gasteiger partial charge on any atom is -0.384 e. The zero-order valence-corrected chi connectivity index (χ0v) is 11.5. The van der Waals surface area contributed by atoms with Crippen molar-refractivity contribution in [2.75, 3.05) is 18.2 Å². The van der Waals surface area contributed by atoms with Crippen molar-refractivity contribution in [2.45, 2.75) is 13.5 Å². The highest BCUT2D eigenvalue weighted by molar-refractivity contribution is 6.33. The second-order valence-corrected chi connectivity index (χ2v) is 4.54. The molecule has 3 N–H and O–H groups in total. The van der Waals surface area contributed by atoms with Gasteiger partial charge in [0.05, 0.1) is 10.7 Å². The van der Waals surface area contributed by atoms with Gasteiger partial charge in [-0.3, -0.25) is 0 Å². The van der Waals surface area contributed by atoms with Gasteiger partial charge in [0, 0.05) is 13.2 Å². The van der Waals surface area contributed by atoms with Crippen LogP contribution in [0.15, 0.2) is 24.3 Å². The number of nitrogens with two attached hydrogens (primary N) is 1. The molecule has 5 nitrogen and oxygen atoms in total. The van der Waals surface area contributed by atoms with Crippen LogP contribution in [0.5, 0.6) is 0 Å². The van der Waals surface area contributed by atoms with Gasteiger partial charge in [0.2, 0.25) is 0 Å². The van der Waals surface area contributed by atoms with E-state index in [0.29, 0.717) is 29.1 Å². The average molecular weight is 279 g/mol. The van der Waals surface area contributed by atoms with Gasteiger partial charge < -0.3 is 15.8 Å². The number of nitrogen functional groups attached to an aromatic ring is 1. The third-order valence-electron chi connectivity index (χ3n) is 2.45. The average Bonchev–Trinajstić information content (AvgIpc) is 2.32. The summed E-state index contributed by atoms with van der Waals surface area (Å²) in [6, 6.07) is 7.39. The first-order valence-electron chi connectivity index (χ1n) is 5.74. The molecule has 100 valence electrons. The van der Waals surface area contributed by atoms with Gasteiger partial charge in [-0.2, -0.15) is 0 Å². The monoisotopic (exact) mass is 278 g/mol. The fraction of sp³-hybridized carbons (Fsp3) is 0.231. The first-order valence-corrected chi connectivity index (χ1v) is 6.12. The van der Waals surface area contributed by atoms with Gasteiger partial charge in [-0.25, -0.2) is 9.97 Å². The number of aromatic nitrogens is 2. The summed E-state index contributed by atoms with van der Waals surface area (Å²) in [5.41, 5.74) is 7.59. The molecule has 1 aromatic heterocycles. The number of hydrogen-bond donors (Lipinski definition) is 2. The maximum Gasteiger partial charge on any atom is 0.158 e. The van der Waals surface area contributed by atoms with Crippen LogP contribution < -0.4 is 11.1 Å². The van der Waals surface area contributed by atoms with E-state index in [1.807, 2.05) is 25.1 Å². The smallest absolute Gasteiger partial charge is 0.158 e. The highest BCUT2D eigenvalue weighted by Crippen LogP contribution is 2.26. The quantitative estimate of drug-likeness (QED) is 0.900. The van der Waals surface area contributed by atoms with E-state index < -0.39 is 0 Å². The summed E-state index contributed by atoms with van der Waals surface area (Å²) in [4.78, 5) is 8.37. The van der Waals surface area contributed by atoms with E-state index in [1.165, 1.54) is 0 Å². The lowest BCUT2D eigenvalue weighted by molar-refractivity contribution is 0.178. The van der Waals surface area contributed by atoms with E-state index in [4.69, 9.17) is 22.1 Å². The Morgan fingerprint density at radius 2 is 2.11 bits per heavy atom. The van der Waals surface area contributed by atoms with Gasteiger partial charge in [0.15, 0.2) is 5.82 Å². The van der Waals surface area contributed by atoms with Crippen molar-refractivity contribution in [3.8, 4) is 0 Å². The second-order valence-electron chi connectivity index (χ2n) is 4.14. The molecular formula is C13H15ClN4O. The molecule has 0 amide bonds. The van der Waals surface area contributed by atoms with Crippen LogP contribution in [0.25, 0.3) is 0 Å². The number of anilines is 3. The maximum atomic E-state index is 6.16. The molecule has 0 bridgehead atoms. The van der Waals surface area contributed by atoms with Crippen molar-refractivity contribution in [1.29, 1.82) is 0 Å². The number of halogens is 1. The molecule has 1 heterocycles. The van der Waals surface area contributed by atoms with Crippen LogP contribution in [-0.2, 0) is 11.3 Å². The fourth-order valence-electron chi connectivity index (χ4n) is 1.63. The Hall–Kier alpha value is -1.85. The summed E-state index contributed by atoms with van der Waals surface area (Å²) in [7, 11) is 1.58. The van der Waals surface area contributed by atoms with Crippen molar-refractivity contribution in [2.24, 2.45) is 0 Å². The Kier molecular flexibility index (Phi) is 4.19. The van der Waals surface area contributed by atoms with Crippen molar-refractivity contribution >= 4 is 28.9 Å². The predicted molar refractivity (Wildman–Crippen MR) is 76.6 cm³/mol. The molecule has 0 aliphatic rings. The molecular weight excluding hydrogens is 264 g/mol. The number of aryl methyl sites for hydroxylation is 1. The normalized spacial score (nSPS) is 10.5. The Morgan fingerprint density at radius 3 is 2.79 bits per heavy atom. The molecule has 0 unspecified atom stereocenters. The SMILES string of the molecule is COCc1nc(N)cc(Nc2ccc(C)cc2Cl)n1. The zero-order valence-electron chi connectivity index (χ0n) is 10.8. The molecule has 0 spiro atoms. The maximum absolute atomic E-state index is 6.16. The first-order chi connectivity index (χ1) is 9.08. The van der Waals surface area contributed by atoms with Crippen molar-refractivity contribution in [3.63, 3.8) is 0 Å². The third kappa shape index (κ3) is 3.56. The van der Waals surface area contributed by atoms with Gasteiger partial charge in [-0.1, -0.05) is 17.7 Å². The largest absolute Gasteiger partial charge is 0.384 e. The number of nitrogens with one attached hydrogen (secondary N) is 1. The van der Waals surface area contributed by atoms with Crippen LogP contribution >= 0.6 is 11.6 Å². The van der Waals surface area contributed by atoms with E-state index in [-0.39, 0.29) is 0 Å². The third-order valence-corrected chi connectivity index (χ3v) is 2.77. The van der Waals surface area contributed by atoms with Gasteiger partial charge in [-0.05, 0) is 24.6 Å². The summed E-state index contributed by atoms with van der Waals surface area (Å²) < 4.78 is 4.99. The van der Waals surface area contributed by atoms with Gasteiger partial charge in [0.25, 0.3) is 0 Å². The molecule has 2 rings (SSSR count). The number of hydrogen-bond acceptors (Lipinski definition) is 5. The molecule has 0 saturated carbocycles. The number of benzene rings is 1. The molecule has 6 heteroatoms. The molecule has 0 atom stereocenters. The van der Waals surface area contributed by atoms with Crippen LogP contribution in [-0.4, -0.2) is 17.1 Å². The van der Waals surface area contributed by atoms with Crippen LogP contribution in [0.4, 0.5) is 17.3 Å². The van der Waals surface area contributed by atoms with E-state index in [1.54, 1.807) is 13.2 Å². The van der Waals surface area contributed by atoms with Crippen LogP contribution in [0.3, 0.4) is 0 Å². The number of nitrogens with zero attached hydrogens (tertiary/aromatic N) is 2. The fourth-order valence-corrected chi connectivity index (χ4v) is 1.92. The summed E-state index contributed by atoms with van der Waals surface area (Å²) in [6.45, 7) is 2.29. The second kappa shape index (κ2) is 5.86. The summed E-state index contributed by atoms with van der Waals surface area (Å²) >= 11 is 6.16. The van der Waals surface area contributed by atoms with Crippen LogP contribution in [0, 0.1) is 6.92 Å². The topological polar surface area (TPSA) is 73.1 Å². The van der Waals surface area contributed by atoms with Crippen molar-refractivity contribution in [3.05, 3.63) is 40.7 Å². The molecule has 2 aromatic rings. The van der Waals surface area contributed by atoms with Gasteiger partial charge in [-0.15, -0.1) is 0 Å². The summed E-state index contributed by atoms with van der Waals surface area (Å²) in [6.07, 6.45) is 0. The van der Waals surface area contributed by atoms with Gasteiger partial charge >= 0.3 is 0 Å². The Bertz CT molecular complexity index is 589. The van der Waals surface area contributed by atoms with E-state index >= 15 is 0 Å². The summed E-state index contributed by atoms with van der Waals surface area (Å²) in [5.74, 6) is 1.49. The molecule has 0 radical (unpaired) electrons. The van der Waals surface area contributed by atoms with Crippen molar-refractivity contribution < 1.29 is 4.74 Å². The zero-order chi connectivity index (χ0) is 13.8. The summed E-state index contributed by atoms with van der Waals surface area (Å²) in [5, 5.41) is 3.75. The van der Waals surface area contributed by atoms with E-state index in [0.717, 1.165) is 11.3 Å². The van der Waals surface area contributed by atoms with Gasteiger partial charge in [0.1, 0.15) is 18.2 Å². The van der Waals surface area contributed by atoms with Crippen LogP contribution in [0.1, 0.15) is 11.4 Å². The standard InChI is InChI=1S/C13H15ClN4O/c1-8-3-4-10(9(14)5-8)16-12-6-11(15)17-13(18-12)7-19-2/h3-6H,7H2,1-2H3,(H3,15,16,17,18). The highest BCUT2D eigenvalue weighted by Gasteiger charge is 2.05. The first kappa shape index (κ1) is 13.6. The predicted octanol–water partition coefficient (Wildman–Crippen LogP) is 2.91. The Labute approximate surface area is 116 Å². The van der Waals surface area contributed by atoms with E-state index in [9.17, 15) is 0 Å². The number of rotatable bonds is 4. The molecule has 0 aliphatic carbocycles. The number of methoxy groups -OCH3 is 1. The van der Waals surface area contributed by atoms with E-state index in [2.05, 4.69) is 15.3 Å².